The van der Waals surface area contributed by atoms with Gasteiger partial charge in [-0.3, -0.25) is 4.57 Å². The molecule has 0 aliphatic carbocycles. The number of benzene rings is 1. The van der Waals surface area contributed by atoms with Crippen LogP contribution in [-0.4, -0.2) is 18.9 Å². The van der Waals surface area contributed by atoms with Crippen LogP contribution in [-0.2, 0) is 14.2 Å². The van der Waals surface area contributed by atoms with Crippen molar-refractivity contribution in [1.29, 1.82) is 0 Å². The lowest BCUT2D eigenvalue weighted by Gasteiger charge is -2.20. The van der Waals surface area contributed by atoms with E-state index in [4.69, 9.17) is 14.1 Å². The van der Waals surface area contributed by atoms with Gasteiger partial charge in [-0.25, -0.2) is 5.09 Å². The van der Waals surface area contributed by atoms with Crippen LogP contribution in [0.5, 0.6) is 5.75 Å². The van der Waals surface area contributed by atoms with Crippen molar-refractivity contribution in [3.63, 3.8) is 0 Å². The fraction of sp³-hybridized carbons (Fsp3) is 0.417. The molecule has 1 aromatic rings. The molecular weight excluding hydrogens is 253 g/mol. The lowest BCUT2D eigenvalue weighted by Crippen LogP contribution is -2.23. The molecule has 0 aliphatic rings. The fourth-order valence-electron chi connectivity index (χ4n) is 1.20. The first kappa shape index (κ1) is 16.6. The van der Waals surface area contributed by atoms with Crippen LogP contribution in [0.2, 0.25) is 0 Å². The zero-order chi connectivity index (χ0) is 14.0. The summed E-state index contributed by atoms with van der Waals surface area (Å²) in [7, 11) is -2.74. The Hall–Kier alpha value is -1.41. The highest BCUT2D eigenvalue weighted by molar-refractivity contribution is 7.56. The van der Waals surface area contributed by atoms with Crippen LogP contribution >= 0.6 is 7.52 Å². The maximum absolute atomic E-state index is 12.0. The maximum atomic E-state index is 12.0. The standard InChI is InChI=1S/C11H18NO2P.CO2/c1-4-10(2)12-15(3,13)14-11-8-6-5-7-9-11;2-1-3/h5-10H,4H2,1-3H3,(H,12,13);/t10-,15?;/m0./s1. The Labute approximate surface area is 107 Å². The topological polar surface area (TPSA) is 72.5 Å². The SMILES string of the molecule is CC[C@H](C)NP(C)(=O)Oc1ccccc1.O=C=O. The van der Waals surface area contributed by atoms with Crippen LogP contribution in [0.1, 0.15) is 20.3 Å². The molecule has 0 radical (unpaired) electrons. The van der Waals surface area contributed by atoms with Gasteiger partial charge in [-0.2, -0.15) is 9.59 Å². The first-order chi connectivity index (χ1) is 8.45. The summed E-state index contributed by atoms with van der Waals surface area (Å²) in [5.74, 6) is 0.638. The van der Waals surface area contributed by atoms with Gasteiger partial charge in [0.05, 0.1) is 0 Å². The Morgan fingerprint density at radius 2 is 1.83 bits per heavy atom. The summed E-state index contributed by atoms with van der Waals surface area (Å²) in [6, 6.07) is 9.42. The highest BCUT2D eigenvalue weighted by atomic mass is 31.2. The molecule has 0 saturated carbocycles. The van der Waals surface area contributed by atoms with E-state index >= 15 is 0 Å². The molecule has 18 heavy (non-hydrogen) atoms. The van der Waals surface area contributed by atoms with Gasteiger partial charge in [-0.1, -0.05) is 25.1 Å². The summed E-state index contributed by atoms with van der Waals surface area (Å²) in [6.45, 7) is 5.64. The predicted molar refractivity (Wildman–Crippen MR) is 68.5 cm³/mol. The molecule has 2 atom stereocenters. The van der Waals surface area contributed by atoms with Gasteiger partial charge in [-0.05, 0) is 25.5 Å². The minimum atomic E-state index is -2.74. The van der Waals surface area contributed by atoms with Crippen LogP contribution in [0.15, 0.2) is 30.3 Å². The molecular formula is C12H18NO4P. The summed E-state index contributed by atoms with van der Waals surface area (Å²) in [4.78, 5) is 16.2. The van der Waals surface area contributed by atoms with Gasteiger partial charge in [0.2, 0.25) is 0 Å². The van der Waals surface area contributed by atoms with Gasteiger partial charge in [0.1, 0.15) is 5.75 Å². The second kappa shape index (κ2) is 8.65. The van der Waals surface area contributed by atoms with Crippen LogP contribution in [0.3, 0.4) is 0 Å². The largest absolute Gasteiger partial charge is 0.433 e. The molecule has 1 rings (SSSR count). The molecule has 1 N–H and O–H groups in total. The van der Waals surface area contributed by atoms with Crippen molar-refractivity contribution in [1.82, 2.24) is 5.09 Å². The average Bonchev–Trinajstić information content (AvgIpc) is 2.30. The molecule has 1 aromatic carbocycles. The summed E-state index contributed by atoms with van der Waals surface area (Å²) in [6.07, 6.45) is 1.18. The second-order valence-electron chi connectivity index (χ2n) is 3.77. The molecule has 0 heterocycles. The molecule has 0 saturated heterocycles. The highest BCUT2D eigenvalue weighted by Crippen LogP contribution is 2.39. The summed E-state index contributed by atoms with van der Waals surface area (Å²) in [5, 5.41) is 2.99. The van der Waals surface area contributed by atoms with Crippen molar-refractivity contribution in [3.05, 3.63) is 30.3 Å². The van der Waals surface area contributed by atoms with Gasteiger partial charge in [0, 0.05) is 12.7 Å². The van der Waals surface area contributed by atoms with Crippen LogP contribution in [0, 0.1) is 0 Å². The second-order valence-corrected chi connectivity index (χ2v) is 5.90. The molecule has 0 spiro atoms. The monoisotopic (exact) mass is 271 g/mol. The number of para-hydroxylation sites is 1. The van der Waals surface area contributed by atoms with Crippen molar-refractivity contribution in [2.24, 2.45) is 0 Å². The van der Waals surface area contributed by atoms with E-state index in [1.54, 1.807) is 18.8 Å². The van der Waals surface area contributed by atoms with E-state index in [1.807, 2.05) is 32.0 Å². The van der Waals surface area contributed by atoms with E-state index < -0.39 is 7.52 Å². The lowest BCUT2D eigenvalue weighted by molar-refractivity contribution is -0.191. The highest BCUT2D eigenvalue weighted by Gasteiger charge is 2.18. The number of carbonyl (C=O) groups excluding carboxylic acids is 2. The minimum Gasteiger partial charge on any atom is -0.433 e. The molecule has 0 aromatic heterocycles. The molecule has 6 heteroatoms. The number of hydrogen-bond donors (Lipinski definition) is 1. The molecule has 5 nitrogen and oxygen atoms in total. The van der Waals surface area contributed by atoms with Crippen LogP contribution in [0.25, 0.3) is 0 Å². The average molecular weight is 271 g/mol. The summed E-state index contributed by atoms with van der Waals surface area (Å²) in [5.41, 5.74) is 0. The van der Waals surface area contributed by atoms with Crippen molar-refractivity contribution < 1.29 is 18.7 Å². The molecule has 0 fully saturated rings. The summed E-state index contributed by atoms with van der Waals surface area (Å²) >= 11 is 0. The van der Waals surface area contributed by atoms with Gasteiger partial charge in [0.15, 0.2) is 0 Å². The Morgan fingerprint density at radius 1 is 1.33 bits per heavy atom. The first-order valence-electron chi connectivity index (χ1n) is 5.54. The number of nitrogens with one attached hydrogen (secondary N) is 1. The maximum Gasteiger partial charge on any atom is 0.373 e. The van der Waals surface area contributed by atoms with Crippen LogP contribution in [0.4, 0.5) is 0 Å². The Bertz CT molecular complexity index is 415. The third kappa shape index (κ3) is 7.80. The number of rotatable bonds is 5. The molecule has 0 bridgehead atoms. The smallest absolute Gasteiger partial charge is 0.373 e. The van der Waals surface area contributed by atoms with Crippen molar-refractivity contribution >= 4 is 13.7 Å². The zero-order valence-electron chi connectivity index (χ0n) is 10.8. The lowest BCUT2D eigenvalue weighted by atomic mass is 10.3. The first-order valence-corrected chi connectivity index (χ1v) is 7.61. The van der Waals surface area contributed by atoms with Gasteiger partial charge >= 0.3 is 13.7 Å². The molecule has 0 amide bonds. The Morgan fingerprint density at radius 3 is 2.28 bits per heavy atom. The van der Waals surface area contributed by atoms with Gasteiger partial charge in [-0.15, -0.1) is 0 Å². The zero-order valence-corrected chi connectivity index (χ0v) is 11.6. The fourth-order valence-corrected chi connectivity index (χ4v) is 2.76. The molecule has 1 unspecified atom stereocenters. The molecule has 0 aliphatic heterocycles. The van der Waals surface area contributed by atoms with E-state index in [2.05, 4.69) is 5.09 Å². The van der Waals surface area contributed by atoms with E-state index in [0.29, 0.717) is 5.75 Å². The van der Waals surface area contributed by atoms with E-state index in [9.17, 15) is 4.57 Å². The quantitative estimate of drug-likeness (QED) is 0.833. The van der Waals surface area contributed by atoms with E-state index in [0.717, 1.165) is 6.42 Å². The van der Waals surface area contributed by atoms with E-state index in [1.165, 1.54) is 0 Å². The molecule has 100 valence electrons. The summed E-state index contributed by atoms with van der Waals surface area (Å²) < 4.78 is 17.4. The third-order valence-electron chi connectivity index (χ3n) is 2.09. The Balaban J connectivity index is 0.000000873. The Kier molecular flexibility index (Phi) is 7.97. The predicted octanol–water partition coefficient (Wildman–Crippen LogP) is 2.69. The van der Waals surface area contributed by atoms with E-state index in [-0.39, 0.29) is 12.2 Å². The van der Waals surface area contributed by atoms with Gasteiger partial charge in [0.25, 0.3) is 0 Å². The normalized spacial score (nSPS) is 14.4. The van der Waals surface area contributed by atoms with Crippen LogP contribution < -0.4 is 9.61 Å². The van der Waals surface area contributed by atoms with Crippen molar-refractivity contribution in [2.75, 3.05) is 6.66 Å². The van der Waals surface area contributed by atoms with Crippen molar-refractivity contribution in [3.8, 4) is 5.75 Å². The number of hydrogen-bond acceptors (Lipinski definition) is 4. The minimum absolute atomic E-state index is 0.199. The van der Waals surface area contributed by atoms with Crippen molar-refractivity contribution in [2.45, 2.75) is 26.3 Å². The van der Waals surface area contributed by atoms with Gasteiger partial charge < -0.3 is 4.52 Å². The third-order valence-corrected chi connectivity index (χ3v) is 3.56.